The molecule has 0 aromatic carbocycles. The van der Waals surface area contributed by atoms with Crippen molar-refractivity contribution >= 4 is 0 Å². The van der Waals surface area contributed by atoms with Crippen LogP contribution in [-0.2, 0) is 4.74 Å². The van der Waals surface area contributed by atoms with E-state index in [0.29, 0.717) is 12.1 Å². The molecule has 1 fully saturated rings. The maximum absolute atomic E-state index is 5.58. The molecule has 102 valence electrons. The number of nitrogens with two attached hydrogens (primary N) is 1. The third kappa shape index (κ3) is 7.02. The molecule has 0 aliphatic heterocycles. The molecule has 1 atom stereocenters. The molecule has 1 aliphatic rings. The Kier molecular flexibility index (Phi) is 8.67. The van der Waals surface area contributed by atoms with Gasteiger partial charge in [0.2, 0.25) is 0 Å². The average molecular weight is 242 g/mol. The molecule has 3 N–H and O–H groups in total. The Morgan fingerprint density at radius 2 is 1.82 bits per heavy atom. The highest BCUT2D eigenvalue weighted by molar-refractivity contribution is 4.76. The largest absolute Gasteiger partial charge is 0.383 e. The molecular weight excluding hydrogens is 212 g/mol. The van der Waals surface area contributed by atoms with E-state index in [9.17, 15) is 0 Å². The van der Waals surface area contributed by atoms with Crippen LogP contribution in [0, 0.1) is 0 Å². The van der Waals surface area contributed by atoms with Crippen LogP contribution in [-0.4, -0.2) is 32.3 Å². The van der Waals surface area contributed by atoms with Gasteiger partial charge in [0, 0.05) is 19.2 Å². The summed E-state index contributed by atoms with van der Waals surface area (Å²) < 4.78 is 5.30. The number of hydrogen-bond acceptors (Lipinski definition) is 3. The molecule has 0 saturated heterocycles. The Hall–Kier alpha value is -0.120. The fourth-order valence-corrected chi connectivity index (χ4v) is 2.74. The van der Waals surface area contributed by atoms with E-state index in [2.05, 4.69) is 5.32 Å². The van der Waals surface area contributed by atoms with Gasteiger partial charge in [-0.3, -0.25) is 0 Å². The standard InChI is InChI=1S/C14H30N2O/c1-17-12-14(10-7-11-15)16-13-8-5-3-2-4-6-9-13/h13-14,16H,2-12,15H2,1H3. The molecular formula is C14H30N2O. The van der Waals surface area contributed by atoms with E-state index in [1.807, 2.05) is 0 Å². The van der Waals surface area contributed by atoms with Crippen molar-refractivity contribution in [3.05, 3.63) is 0 Å². The molecule has 3 nitrogen and oxygen atoms in total. The van der Waals surface area contributed by atoms with Crippen molar-refractivity contribution in [2.24, 2.45) is 5.73 Å². The minimum absolute atomic E-state index is 0.493. The smallest absolute Gasteiger partial charge is 0.0615 e. The van der Waals surface area contributed by atoms with E-state index in [1.54, 1.807) is 7.11 Å². The SMILES string of the molecule is COCC(CCCN)NC1CCCCCCC1. The summed E-state index contributed by atoms with van der Waals surface area (Å²) in [6.45, 7) is 1.60. The van der Waals surface area contributed by atoms with Gasteiger partial charge in [-0.2, -0.15) is 0 Å². The zero-order valence-electron chi connectivity index (χ0n) is 11.4. The van der Waals surface area contributed by atoms with Crippen LogP contribution < -0.4 is 11.1 Å². The van der Waals surface area contributed by atoms with Crippen molar-refractivity contribution in [1.29, 1.82) is 0 Å². The third-order valence-electron chi connectivity index (χ3n) is 3.70. The monoisotopic (exact) mass is 242 g/mol. The second-order valence-corrected chi connectivity index (χ2v) is 5.29. The molecule has 0 radical (unpaired) electrons. The molecule has 1 aliphatic carbocycles. The maximum Gasteiger partial charge on any atom is 0.0615 e. The van der Waals surface area contributed by atoms with Gasteiger partial charge in [0.25, 0.3) is 0 Å². The van der Waals surface area contributed by atoms with Crippen LogP contribution in [0.4, 0.5) is 0 Å². The summed E-state index contributed by atoms with van der Waals surface area (Å²) in [6.07, 6.45) is 11.9. The van der Waals surface area contributed by atoms with E-state index in [-0.39, 0.29) is 0 Å². The van der Waals surface area contributed by atoms with E-state index in [1.165, 1.54) is 44.9 Å². The number of hydrogen-bond donors (Lipinski definition) is 2. The topological polar surface area (TPSA) is 47.3 Å². The lowest BCUT2D eigenvalue weighted by atomic mass is 9.96. The summed E-state index contributed by atoms with van der Waals surface area (Å²) in [5, 5.41) is 3.78. The first-order valence-electron chi connectivity index (χ1n) is 7.32. The van der Waals surface area contributed by atoms with Gasteiger partial charge in [-0.05, 0) is 32.2 Å². The normalized spacial score (nSPS) is 20.8. The summed E-state index contributed by atoms with van der Waals surface area (Å²) in [4.78, 5) is 0. The van der Waals surface area contributed by atoms with Crippen LogP contribution in [0.25, 0.3) is 0 Å². The van der Waals surface area contributed by atoms with Crippen molar-refractivity contribution in [2.75, 3.05) is 20.3 Å². The summed E-state index contributed by atoms with van der Waals surface area (Å²) in [5.74, 6) is 0. The molecule has 0 amide bonds. The summed E-state index contributed by atoms with van der Waals surface area (Å²) in [6, 6.07) is 1.20. The number of rotatable bonds is 7. The predicted octanol–water partition coefficient (Wildman–Crippen LogP) is 2.44. The van der Waals surface area contributed by atoms with Crippen molar-refractivity contribution < 1.29 is 4.74 Å². The second-order valence-electron chi connectivity index (χ2n) is 5.29. The summed E-state index contributed by atoms with van der Waals surface area (Å²) in [7, 11) is 1.79. The van der Waals surface area contributed by atoms with Crippen molar-refractivity contribution in [3.63, 3.8) is 0 Å². The lowest BCUT2D eigenvalue weighted by Crippen LogP contribution is -2.41. The Balaban J connectivity index is 2.29. The van der Waals surface area contributed by atoms with Gasteiger partial charge in [-0.15, -0.1) is 0 Å². The van der Waals surface area contributed by atoms with Crippen molar-refractivity contribution in [2.45, 2.75) is 69.9 Å². The lowest BCUT2D eigenvalue weighted by Gasteiger charge is -2.27. The molecule has 1 rings (SSSR count). The second kappa shape index (κ2) is 9.86. The third-order valence-corrected chi connectivity index (χ3v) is 3.70. The van der Waals surface area contributed by atoms with Crippen LogP contribution in [0.2, 0.25) is 0 Å². The highest BCUT2D eigenvalue weighted by Crippen LogP contribution is 2.18. The highest BCUT2D eigenvalue weighted by Gasteiger charge is 2.16. The van der Waals surface area contributed by atoms with E-state index in [4.69, 9.17) is 10.5 Å². The quantitative estimate of drug-likeness (QED) is 0.721. The minimum Gasteiger partial charge on any atom is -0.383 e. The molecule has 17 heavy (non-hydrogen) atoms. The van der Waals surface area contributed by atoms with Gasteiger partial charge in [-0.1, -0.05) is 32.1 Å². The highest BCUT2D eigenvalue weighted by atomic mass is 16.5. The van der Waals surface area contributed by atoms with E-state index < -0.39 is 0 Å². The molecule has 0 spiro atoms. The first-order valence-corrected chi connectivity index (χ1v) is 7.32. The van der Waals surface area contributed by atoms with Crippen molar-refractivity contribution in [1.82, 2.24) is 5.32 Å². The summed E-state index contributed by atoms with van der Waals surface area (Å²) in [5.41, 5.74) is 5.58. The number of nitrogens with one attached hydrogen (secondary N) is 1. The first-order chi connectivity index (χ1) is 8.36. The van der Waals surface area contributed by atoms with Crippen molar-refractivity contribution in [3.8, 4) is 0 Å². The molecule has 0 aromatic heterocycles. The average Bonchev–Trinajstić information content (AvgIpc) is 2.29. The van der Waals surface area contributed by atoms with Crippen LogP contribution in [0.3, 0.4) is 0 Å². The minimum atomic E-state index is 0.493. The zero-order chi connectivity index (χ0) is 12.3. The van der Waals surface area contributed by atoms with Crippen LogP contribution in [0.1, 0.15) is 57.8 Å². The molecule has 1 saturated carbocycles. The number of ether oxygens (including phenoxy) is 1. The molecule has 0 heterocycles. The predicted molar refractivity (Wildman–Crippen MR) is 73.2 cm³/mol. The molecule has 3 heteroatoms. The summed E-state index contributed by atoms with van der Waals surface area (Å²) >= 11 is 0. The fourth-order valence-electron chi connectivity index (χ4n) is 2.74. The van der Waals surface area contributed by atoms with E-state index >= 15 is 0 Å². The maximum atomic E-state index is 5.58. The number of methoxy groups -OCH3 is 1. The Morgan fingerprint density at radius 3 is 2.41 bits per heavy atom. The van der Waals surface area contributed by atoms with Crippen LogP contribution in [0.5, 0.6) is 0 Å². The fraction of sp³-hybridized carbons (Fsp3) is 1.00. The van der Waals surface area contributed by atoms with Crippen LogP contribution in [0.15, 0.2) is 0 Å². The van der Waals surface area contributed by atoms with Gasteiger partial charge in [0.15, 0.2) is 0 Å². The zero-order valence-corrected chi connectivity index (χ0v) is 11.4. The van der Waals surface area contributed by atoms with E-state index in [0.717, 1.165) is 26.0 Å². The van der Waals surface area contributed by atoms with Gasteiger partial charge in [0.05, 0.1) is 6.61 Å². The van der Waals surface area contributed by atoms with Crippen LogP contribution >= 0.6 is 0 Å². The Bertz CT molecular complexity index is 165. The lowest BCUT2D eigenvalue weighted by molar-refractivity contribution is 0.152. The Labute approximate surface area is 106 Å². The first kappa shape index (κ1) is 14.9. The van der Waals surface area contributed by atoms with Gasteiger partial charge >= 0.3 is 0 Å². The molecule has 1 unspecified atom stereocenters. The van der Waals surface area contributed by atoms with Gasteiger partial charge in [-0.25, -0.2) is 0 Å². The molecule has 0 bridgehead atoms. The Morgan fingerprint density at radius 1 is 1.18 bits per heavy atom. The van der Waals surface area contributed by atoms with Gasteiger partial charge in [0.1, 0.15) is 0 Å². The van der Waals surface area contributed by atoms with Gasteiger partial charge < -0.3 is 15.8 Å². The molecule has 0 aromatic rings.